The number of nitrogens with two attached hydrogens (primary N) is 2. The molecule has 7 heteroatoms. The third kappa shape index (κ3) is 6.04. The van der Waals surface area contributed by atoms with E-state index in [1.807, 2.05) is 91.9 Å². The highest BCUT2D eigenvalue weighted by molar-refractivity contribution is 7.79. The van der Waals surface area contributed by atoms with Crippen molar-refractivity contribution in [3.05, 3.63) is 107 Å². The number of nitrogens with zero attached hydrogens (tertiary/aromatic N) is 2. The summed E-state index contributed by atoms with van der Waals surface area (Å²) in [5, 5.41) is 1.99. The minimum absolute atomic E-state index is 0.217. The third-order valence-electron chi connectivity index (χ3n) is 5.54. The number of hydrogen-bond donors (Lipinski definition) is 2. The highest BCUT2D eigenvalue weighted by Gasteiger charge is 2.16. The molecule has 4 rings (SSSR count). The Morgan fingerprint density at radius 2 is 1.69 bits per heavy atom. The quantitative estimate of drug-likeness (QED) is 0.113. The molecule has 0 bridgehead atoms. The molecule has 0 aliphatic heterocycles. The van der Waals surface area contributed by atoms with Crippen molar-refractivity contribution >= 4 is 57.3 Å². The maximum Gasteiger partial charge on any atom is 0.287 e. The van der Waals surface area contributed by atoms with E-state index in [4.69, 9.17) is 40.0 Å². The first-order valence-corrected chi connectivity index (χ1v) is 12.0. The van der Waals surface area contributed by atoms with Gasteiger partial charge in [-0.15, -0.1) is 0 Å². The monoisotopic (exact) mass is 501 g/mol. The lowest BCUT2D eigenvalue weighted by Crippen LogP contribution is -2.37. The second-order valence-corrected chi connectivity index (χ2v) is 8.74. The van der Waals surface area contributed by atoms with E-state index in [0.29, 0.717) is 24.0 Å². The van der Waals surface area contributed by atoms with Gasteiger partial charge >= 0.3 is 0 Å². The molecule has 35 heavy (non-hydrogen) atoms. The molecule has 0 spiro atoms. The Bertz CT molecular complexity index is 1410. The highest BCUT2D eigenvalue weighted by Crippen LogP contribution is 2.23. The third-order valence-corrected chi connectivity index (χ3v) is 6.01. The van der Waals surface area contributed by atoms with Gasteiger partial charge in [-0.2, -0.15) is 0 Å². The lowest BCUT2D eigenvalue weighted by molar-refractivity contribution is -0.400. The van der Waals surface area contributed by atoms with Gasteiger partial charge in [-0.25, -0.2) is 9.56 Å². The largest absolute Gasteiger partial charge is 0.487 e. The Morgan fingerprint density at radius 1 is 0.971 bits per heavy atom. The molecule has 4 N–H and O–H groups in total. The maximum absolute atomic E-state index is 6.54. The predicted octanol–water partition coefficient (Wildman–Crippen LogP) is 5.64. The number of aromatic nitrogens is 1. The number of amidine groups is 1. The molecule has 0 aliphatic carbocycles. The van der Waals surface area contributed by atoms with Gasteiger partial charge in [-0.3, -0.25) is 0 Å². The Balaban J connectivity index is 1.60. The smallest absolute Gasteiger partial charge is 0.287 e. The van der Waals surface area contributed by atoms with Crippen molar-refractivity contribution in [2.75, 3.05) is 6.54 Å². The van der Waals surface area contributed by atoms with Gasteiger partial charge in [0.15, 0.2) is 0 Å². The van der Waals surface area contributed by atoms with E-state index in [1.165, 1.54) is 0 Å². The topological polar surface area (TPSA) is 77.2 Å². The lowest BCUT2D eigenvalue weighted by atomic mass is 10.0. The Hall–Kier alpha value is -3.74. The molecule has 0 atom stereocenters. The van der Waals surface area contributed by atoms with Crippen LogP contribution in [0.3, 0.4) is 0 Å². The molecule has 1 aromatic heterocycles. The summed E-state index contributed by atoms with van der Waals surface area (Å²) in [6.45, 7) is 2.87. The summed E-state index contributed by atoms with van der Waals surface area (Å²) >= 11 is 11.3. The molecule has 5 nitrogen and oxygen atoms in total. The van der Waals surface area contributed by atoms with Gasteiger partial charge in [0.25, 0.3) is 5.11 Å². The molecule has 0 aliphatic rings. The standard InChI is InChI=1S/C28H25ClN4OS/c1-2-33(28(31)35)27(30)25(17-19-7-12-22(29)13-8-19)20-10-15-24(16-11-20)34-18-23-14-9-21-5-3-4-6-26(21)32-23/h3-17,30H,2,18H2,1H3,(H2,31,35)/p+1/b25-17+. The summed E-state index contributed by atoms with van der Waals surface area (Å²) in [6.07, 6.45) is 1.99. The molecule has 4 aromatic rings. The number of ether oxygens (including phenoxy) is 1. The molecule has 0 saturated heterocycles. The van der Waals surface area contributed by atoms with E-state index < -0.39 is 0 Å². The number of pyridine rings is 1. The number of rotatable bonds is 7. The second-order valence-electron chi connectivity index (χ2n) is 7.89. The van der Waals surface area contributed by atoms with E-state index in [2.05, 4.69) is 11.1 Å². The fourth-order valence-electron chi connectivity index (χ4n) is 3.70. The Labute approximate surface area is 215 Å². The summed E-state index contributed by atoms with van der Waals surface area (Å²) in [5.41, 5.74) is 16.9. The van der Waals surface area contributed by atoms with E-state index >= 15 is 0 Å². The zero-order valence-electron chi connectivity index (χ0n) is 19.3. The van der Waals surface area contributed by atoms with Crippen LogP contribution < -0.4 is 16.2 Å². The van der Waals surface area contributed by atoms with Crippen LogP contribution in [0.4, 0.5) is 0 Å². The van der Waals surface area contributed by atoms with Crippen molar-refractivity contribution in [3.8, 4) is 5.75 Å². The van der Waals surface area contributed by atoms with E-state index in [0.717, 1.165) is 39.0 Å². The first-order valence-electron chi connectivity index (χ1n) is 11.2. The molecule has 1 heterocycles. The van der Waals surface area contributed by atoms with Crippen LogP contribution in [0.5, 0.6) is 5.75 Å². The van der Waals surface area contributed by atoms with Gasteiger partial charge in [-0.1, -0.05) is 60.1 Å². The van der Waals surface area contributed by atoms with Crippen molar-refractivity contribution in [2.24, 2.45) is 11.5 Å². The van der Waals surface area contributed by atoms with Gasteiger partial charge in [0.2, 0.25) is 5.84 Å². The number of para-hydroxylation sites is 1. The second kappa shape index (κ2) is 11.1. The number of benzene rings is 3. The van der Waals surface area contributed by atoms with E-state index in [-0.39, 0.29) is 5.11 Å². The molecular weight excluding hydrogens is 476 g/mol. The zero-order valence-corrected chi connectivity index (χ0v) is 20.9. The average molecular weight is 502 g/mol. The Morgan fingerprint density at radius 3 is 2.37 bits per heavy atom. The summed E-state index contributed by atoms with van der Waals surface area (Å²) in [4.78, 5) is 4.66. The van der Waals surface area contributed by atoms with Gasteiger partial charge in [-0.05, 0) is 72.7 Å². The summed E-state index contributed by atoms with van der Waals surface area (Å²) < 4.78 is 7.69. The Kier molecular flexibility index (Phi) is 7.75. The summed E-state index contributed by atoms with van der Waals surface area (Å²) in [5.74, 6) is 1.21. The molecular formula is C28H26ClN4OS+. The van der Waals surface area contributed by atoms with Gasteiger partial charge in [0.05, 0.1) is 23.3 Å². The average Bonchev–Trinajstić information content (AvgIpc) is 2.87. The van der Waals surface area contributed by atoms with Crippen LogP contribution in [0, 0.1) is 0 Å². The van der Waals surface area contributed by atoms with E-state index in [1.54, 1.807) is 4.58 Å². The number of thiocarbonyl (C=S) groups is 1. The van der Waals surface area contributed by atoms with Crippen molar-refractivity contribution in [3.63, 3.8) is 0 Å². The molecule has 0 saturated carbocycles. The van der Waals surface area contributed by atoms with Crippen LogP contribution in [0.25, 0.3) is 22.6 Å². The fourth-order valence-corrected chi connectivity index (χ4v) is 4.05. The fraction of sp³-hybridized carbons (Fsp3) is 0.107. The molecule has 176 valence electrons. The van der Waals surface area contributed by atoms with Crippen LogP contribution in [-0.4, -0.2) is 27.1 Å². The predicted molar refractivity (Wildman–Crippen MR) is 149 cm³/mol. The number of hydrogen-bond acceptors (Lipinski definition) is 3. The summed E-state index contributed by atoms with van der Waals surface area (Å²) in [6, 6.07) is 27.3. The van der Waals surface area contributed by atoms with Crippen LogP contribution in [-0.2, 0) is 6.61 Å². The molecule has 0 radical (unpaired) electrons. The van der Waals surface area contributed by atoms with E-state index in [9.17, 15) is 0 Å². The van der Waals surface area contributed by atoms with Gasteiger partial charge in [0.1, 0.15) is 12.4 Å². The molecule has 0 unspecified atom stereocenters. The first kappa shape index (κ1) is 24.4. The van der Waals surface area contributed by atoms with Crippen LogP contribution in [0.1, 0.15) is 23.7 Å². The molecule has 0 amide bonds. The highest BCUT2D eigenvalue weighted by atomic mass is 35.5. The van der Waals surface area contributed by atoms with Crippen molar-refractivity contribution in [1.82, 2.24) is 4.98 Å². The first-order chi connectivity index (χ1) is 16.9. The number of fused-ring (bicyclic) bond motifs is 1. The van der Waals surface area contributed by atoms with Crippen LogP contribution >= 0.6 is 23.8 Å². The van der Waals surface area contributed by atoms with Crippen molar-refractivity contribution in [1.29, 1.82) is 0 Å². The van der Waals surface area contributed by atoms with Crippen molar-refractivity contribution < 1.29 is 9.31 Å². The molecule has 0 fully saturated rings. The van der Waals surface area contributed by atoms with Gasteiger partial charge < -0.3 is 16.2 Å². The summed E-state index contributed by atoms with van der Waals surface area (Å²) in [7, 11) is 0. The SMILES string of the molecule is CC/[N+](C(N)=S)=C(N)\C(=C\c1ccc(Cl)cc1)c1ccc(OCc2ccc3ccccc3n2)cc1. The van der Waals surface area contributed by atoms with Gasteiger partial charge in [0, 0.05) is 10.4 Å². The van der Waals surface area contributed by atoms with Crippen LogP contribution in [0.15, 0.2) is 84.9 Å². The normalized spacial score (nSPS) is 12.3. The molecule has 3 aromatic carbocycles. The number of halogens is 1. The minimum Gasteiger partial charge on any atom is -0.487 e. The lowest BCUT2D eigenvalue weighted by Gasteiger charge is -2.12. The van der Waals surface area contributed by atoms with Crippen molar-refractivity contribution in [2.45, 2.75) is 13.5 Å². The zero-order chi connectivity index (χ0) is 24.8. The van der Waals surface area contributed by atoms with Crippen LogP contribution in [0.2, 0.25) is 5.02 Å². The minimum atomic E-state index is 0.217. The maximum atomic E-state index is 6.54.